The van der Waals surface area contributed by atoms with Gasteiger partial charge in [0, 0.05) is 18.4 Å². The molecule has 0 aliphatic carbocycles. The molecule has 1 aromatic carbocycles. The van der Waals surface area contributed by atoms with Crippen molar-refractivity contribution in [2.24, 2.45) is 5.92 Å². The minimum Gasteiger partial charge on any atom is -0.496 e. The molecule has 0 radical (unpaired) electrons. The summed E-state index contributed by atoms with van der Waals surface area (Å²) in [6.07, 6.45) is 2.35. The Morgan fingerprint density at radius 3 is 3.00 bits per heavy atom. The number of hydrogen-bond acceptors (Lipinski definition) is 2. The number of benzene rings is 1. The standard InChI is InChI=1S/C13H16BrClO2/c1-16-12-5-4-9(7-11(12)14)13-10(8-15)3-2-6-17-13/h4-5,7,10,13H,2-3,6,8H2,1H3. The van der Waals surface area contributed by atoms with Gasteiger partial charge < -0.3 is 9.47 Å². The third kappa shape index (κ3) is 2.95. The molecule has 1 aromatic rings. The predicted molar refractivity (Wildman–Crippen MR) is 72.8 cm³/mol. The van der Waals surface area contributed by atoms with Gasteiger partial charge in [0.1, 0.15) is 5.75 Å². The quantitative estimate of drug-likeness (QED) is 0.779. The van der Waals surface area contributed by atoms with Crippen molar-refractivity contribution >= 4 is 27.5 Å². The fraction of sp³-hybridized carbons (Fsp3) is 0.538. The lowest BCUT2D eigenvalue weighted by molar-refractivity contribution is -0.0208. The van der Waals surface area contributed by atoms with Crippen LogP contribution < -0.4 is 4.74 Å². The van der Waals surface area contributed by atoms with E-state index in [2.05, 4.69) is 28.1 Å². The summed E-state index contributed by atoms with van der Waals surface area (Å²) in [5, 5.41) is 0. The number of halogens is 2. The molecule has 1 heterocycles. The third-order valence-electron chi connectivity index (χ3n) is 3.15. The van der Waals surface area contributed by atoms with Crippen molar-refractivity contribution in [3.63, 3.8) is 0 Å². The van der Waals surface area contributed by atoms with Gasteiger partial charge in [-0.25, -0.2) is 0 Å². The Kier molecular flexibility index (Phi) is 4.71. The summed E-state index contributed by atoms with van der Waals surface area (Å²) in [5.74, 6) is 1.90. The molecule has 0 amide bonds. The zero-order chi connectivity index (χ0) is 12.3. The maximum atomic E-state index is 6.01. The van der Waals surface area contributed by atoms with Crippen LogP contribution in [0.3, 0.4) is 0 Å². The molecule has 0 N–H and O–H groups in total. The van der Waals surface area contributed by atoms with E-state index < -0.39 is 0 Å². The van der Waals surface area contributed by atoms with E-state index in [1.165, 1.54) is 5.56 Å². The molecule has 1 aliphatic rings. The molecule has 0 aromatic heterocycles. The Bertz CT molecular complexity index is 384. The molecule has 0 bridgehead atoms. The highest BCUT2D eigenvalue weighted by atomic mass is 79.9. The van der Waals surface area contributed by atoms with Gasteiger partial charge in [-0.3, -0.25) is 0 Å². The van der Waals surface area contributed by atoms with E-state index in [1.54, 1.807) is 7.11 Å². The van der Waals surface area contributed by atoms with Crippen LogP contribution in [0.15, 0.2) is 22.7 Å². The summed E-state index contributed by atoms with van der Waals surface area (Å²) >= 11 is 9.51. The first-order valence-electron chi connectivity index (χ1n) is 5.77. The predicted octanol–water partition coefficient (Wildman–Crippen LogP) is 4.16. The highest BCUT2D eigenvalue weighted by Gasteiger charge is 2.27. The van der Waals surface area contributed by atoms with E-state index in [0.29, 0.717) is 11.8 Å². The van der Waals surface area contributed by atoms with Gasteiger partial charge in [-0.1, -0.05) is 6.07 Å². The van der Waals surface area contributed by atoms with Gasteiger partial charge in [0.05, 0.1) is 17.7 Å². The lowest BCUT2D eigenvalue weighted by Gasteiger charge is -2.31. The monoisotopic (exact) mass is 318 g/mol. The Morgan fingerprint density at radius 2 is 2.35 bits per heavy atom. The van der Waals surface area contributed by atoms with Crippen molar-refractivity contribution in [1.82, 2.24) is 0 Å². The van der Waals surface area contributed by atoms with Crippen molar-refractivity contribution in [1.29, 1.82) is 0 Å². The molecular formula is C13H16BrClO2. The number of hydrogen-bond donors (Lipinski definition) is 0. The minimum absolute atomic E-state index is 0.114. The molecule has 94 valence electrons. The number of rotatable bonds is 3. The van der Waals surface area contributed by atoms with Gasteiger partial charge in [0.15, 0.2) is 0 Å². The van der Waals surface area contributed by atoms with Crippen LogP contribution in [0.2, 0.25) is 0 Å². The summed E-state index contributed by atoms with van der Waals surface area (Å²) in [5.41, 5.74) is 1.17. The highest BCUT2D eigenvalue weighted by molar-refractivity contribution is 9.10. The zero-order valence-electron chi connectivity index (χ0n) is 9.79. The average molecular weight is 320 g/mol. The molecular weight excluding hydrogens is 303 g/mol. The molecule has 2 unspecified atom stereocenters. The second-order valence-corrected chi connectivity index (χ2v) is 5.40. The van der Waals surface area contributed by atoms with Crippen molar-refractivity contribution < 1.29 is 9.47 Å². The molecule has 4 heteroatoms. The molecule has 2 nitrogen and oxygen atoms in total. The van der Waals surface area contributed by atoms with Gasteiger partial charge in [-0.2, -0.15) is 0 Å². The van der Waals surface area contributed by atoms with Crippen LogP contribution in [0.5, 0.6) is 5.75 Å². The van der Waals surface area contributed by atoms with E-state index >= 15 is 0 Å². The highest BCUT2D eigenvalue weighted by Crippen LogP contribution is 2.37. The summed E-state index contributed by atoms with van der Waals surface area (Å²) in [7, 11) is 1.67. The zero-order valence-corrected chi connectivity index (χ0v) is 12.1. The topological polar surface area (TPSA) is 18.5 Å². The number of ether oxygens (including phenoxy) is 2. The second-order valence-electron chi connectivity index (χ2n) is 4.24. The summed E-state index contributed by atoms with van der Waals surface area (Å²) < 4.78 is 12.0. The normalized spacial score (nSPS) is 24.6. The van der Waals surface area contributed by atoms with Crippen LogP contribution in [-0.4, -0.2) is 19.6 Å². The van der Waals surface area contributed by atoms with Gasteiger partial charge in [0.2, 0.25) is 0 Å². The SMILES string of the molecule is COc1ccc(C2OCCCC2CCl)cc1Br. The van der Waals surface area contributed by atoms with Crippen molar-refractivity contribution in [3.8, 4) is 5.75 Å². The van der Waals surface area contributed by atoms with Crippen molar-refractivity contribution in [2.45, 2.75) is 18.9 Å². The van der Waals surface area contributed by atoms with Crippen LogP contribution in [0.1, 0.15) is 24.5 Å². The first-order chi connectivity index (χ1) is 8.26. The smallest absolute Gasteiger partial charge is 0.133 e. The molecule has 2 atom stereocenters. The summed E-state index contributed by atoms with van der Waals surface area (Å²) in [4.78, 5) is 0. The van der Waals surface area contributed by atoms with Crippen LogP contribution >= 0.6 is 27.5 Å². The maximum absolute atomic E-state index is 6.01. The summed E-state index contributed by atoms with van der Waals surface area (Å²) in [6.45, 7) is 0.821. The van der Waals surface area contributed by atoms with Crippen LogP contribution in [0, 0.1) is 5.92 Å². The van der Waals surface area contributed by atoms with Gasteiger partial charge in [-0.05, 0) is 46.5 Å². The van der Waals surface area contributed by atoms with Crippen molar-refractivity contribution in [3.05, 3.63) is 28.2 Å². The summed E-state index contributed by atoms with van der Waals surface area (Å²) in [6, 6.07) is 6.08. The lowest BCUT2D eigenvalue weighted by atomic mass is 9.91. The Labute approximate surface area is 115 Å². The fourth-order valence-corrected chi connectivity index (χ4v) is 3.10. The Morgan fingerprint density at radius 1 is 1.53 bits per heavy atom. The largest absolute Gasteiger partial charge is 0.496 e. The van der Waals surface area contributed by atoms with Crippen molar-refractivity contribution in [2.75, 3.05) is 19.6 Å². The molecule has 0 spiro atoms. The second kappa shape index (κ2) is 6.07. The first kappa shape index (κ1) is 13.2. The van der Waals surface area contributed by atoms with Gasteiger partial charge in [0.25, 0.3) is 0 Å². The van der Waals surface area contributed by atoms with Gasteiger partial charge >= 0.3 is 0 Å². The minimum atomic E-state index is 0.114. The Hall–Kier alpha value is -0.250. The third-order valence-corrected chi connectivity index (χ3v) is 4.16. The molecule has 1 aliphatic heterocycles. The molecule has 1 saturated heterocycles. The Balaban J connectivity index is 2.23. The molecule has 0 saturated carbocycles. The van der Waals surface area contributed by atoms with E-state index in [-0.39, 0.29) is 6.10 Å². The van der Waals surface area contributed by atoms with E-state index in [4.69, 9.17) is 21.1 Å². The number of methoxy groups -OCH3 is 1. The fourth-order valence-electron chi connectivity index (χ4n) is 2.23. The molecule has 2 rings (SSSR count). The number of alkyl halides is 1. The van der Waals surface area contributed by atoms with Crippen LogP contribution in [0.25, 0.3) is 0 Å². The van der Waals surface area contributed by atoms with E-state index in [1.807, 2.05) is 6.07 Å². The molecule has 1 fully saturated rings. The van der Waals surface area contributed by atoms with E-state index in [0.717, 1.165) is 29.7 Å². The van der Waals surface area contributed by atoms with E-state index in [9.17, 15) is 0 Å². The first-order valence-corrected chi connectivity index (χ1v) is 7.10. The maximum Gasteiger partial charge on any atom is 0.133 e. The van der Waals surface area contributed by atoms with Crippen LogP contribution in [0.4, 0.5) is 0 Å². The average Bonchev–Trinajstić information content (AvgIpc) is 2.38. The van der Waals surface area contributed by atoms with Crippen LogP contribution in [-0.2, 0) is 4.74 Å². The lowest BCUT2D eigenvalue weighted by Crippen LogP contribution is -2.23. The van der Waals surface area contributed by atoms with Gasteiger partial charge in [-0.15, -0.1) is 11.6 Å². The molecule has 17 heavy (non-hydrogen) atoms.